The molecule has 1 saturated heterocycles. The van der Waals surface area contributed by atoms with Gasteiger partial charge in [0.05, 0.1) is 28.4 Å². The molecule has 0 spiro atoms. The highest BCUT2D eigenvalue weighted by Crippen LogP contribution is 2.39. The van der Waals surface area contributed by atoms with E-state index in [1.54, 1.807) is 30.3 Å². The molecule has 0 bridgehead atoms. The van der Waals surface area contributed by atoms with E-state index in [9.17, 15) is 4.79 Å². The lowest BCUT2D eigenvalue weighted by Gasteiger charge is -2.42. The van der Waals surface area contributed by atoms with Gasteiger partial charge in [-0.2, -0.15) is 5.26 Å². The number of anilines is 2. The number of nitriles is 1. The third-order valence-corrected chi connectivity index (χ3v) is 6.45. The monoisotopic (exact) mass is 498 g/mol. The van der Waals surface area contributed by atoms with Crippen molar-refractivity contribution >= 4 is 52.2 Å². The van der Waals surface area contributed by atoms with Crippen LogP contribution < -0.4 is 15.5 Å². The second-order valence-electron chi connectivity index (χ2n) is 7.87. The largest absolute Gasteiger partial charge is 0.363 e. The Labute approximate surface area is 207 Å². The molecule has 4 rings (SSSR count). The molecule has 33 heavy (non-hydrogen) atoms. The van der Waals surface area contributed by atoms with Crippen molar-refractivity contribution in [1.82, 2.24) is 5.32 Å². The predicted octanol–water partition coefficient (Wildman–Crippen LogP) is 7.05. The van der Waals surface area contributed by atoms with Gasteiger partial charge in [0.1, 0.15) is 0 Å². The van der Waals surface area contributed by atoms with Gasteiger partial charge < -0.3 is 15.5 Å². The van der Waals surface area contributed by atoms with E-state index in [0.717, 1.165) is 17.7 Å². The van der Waals surface area contributed by atoms with Crippen molar-refractivity contribution in [2.24, 2.45) is 0 Å². The quantitative estimate of drug-likeness (QED) is 0.404. The maximum absolute atomic E-state index is 12.6. The van der Waals surface area contributed by atoms with E-state index in [0.29, 0.717) is 39.3 Å². The van der Waals surface area contributed by atoms with E-state index in [2.05, 4.69) is 21.6 Å². The van der Waals surface area contributed by atoms with E-state index in [1.807, 2.05) is 36.4 Å². The summed E-state index contributed by atoms with van der Waals surface area (Å²) in [5, 5.41) is 16.8. The molecule has 3 aromatic rings. The fourth-order valence-corrected chi connectivity index (χ4v) is 4.76. The average Bonchev–Trinajstić information content (AvgIpc) is 2.80. The molecule has 1 aliphatic rings. The fraction of sp³-hybridized carbons (Fsp3) is 0.200. The van der Waals surface area contributed by atoms with Gasteiger partial charge in [0.15, 0.2) is 0 Å². The number of hydrogen-bond acceptors (Lipinski definition) is 3. The maximum Gasteiger partial charge on any atom is 0.319 e. The predicted molar refractivity (Wildman–Crippen MR) is 134 cm³/mol. The molecule has 1 aliphatic heterocycles. The van der Waals surface area contributed by atoms with Crippen molar-refractivity contribution in [3.05, 3.63) is 92.9 Å². The molecule has 168 valence electrons. The van der Waals surface area contributed by atoms with Crippen molar-refractivity contribution in [2.45, 2.75) is 24.9 Å². The summed E-state index contributed by atoms with van der Waals surface area (Å²) in [5.41, 5.74) is 3.05. The van der Waals surface area contributed by atoms with E-state index in [-0.39, 0.29) is 18.1 Å². The summed E-state index contributed by atoms with van der Waals surface area (Å²) in [4.78, 5) is 14.9. The molecule has 0 aliphatic carbocycles. The number of rotatable bonds is 4. The summed E-state index contributed by atoms with van der Waals surface area (Å²) < 4.78 is 0. The van der Waals surface area contributed by atoms with Gasteiger partial charge in [0, 0.05) is 28.3 Å². The minimum Gasteiger partial charge on any atom is -0.363 e. The van der Waals surface area contributed by atoms with Gasteiger partial charge >= 0.3 is 6.03 Å². The van der Waals surface area contributed by atoms with Gasteiger partial charge in [-0.3, -0.25) is 0 Å². The zero-order chi connectivity index (χ0) is 23.4. The molecule has 0 saturated carbocycles. The smallest absolute Gasteiger partial charge is 0.319 e. The lowest BCUT2D eigenvalue weighted by atomic mass is 9.91. The first-order chi connectivity index (χ1) is 15.9. The number of nitrogens with zero attached hydrogens (tertiary/aromatic N) is 2. The third-order valence-electron chi connectivity index (χ3n) is 5.66. The van der Waals surface area contributed by atoms with Crippen molar-refractivity contribution in [3.8, 4) is 6.07 Å². The van der Waals surface area contributed by atoms with E-state index < -0.39 is 0 Å². The molecule has 1 fully saturated rings. The average molecular weight is 500 g/mol. The molecule has 2 amide bonds. The Morgan fingerprint density at radius 2 is 1.76 bits per heavy atom. The number of carbonyl (C=O) groups excluding carboxylic acids is 1. The Hall–Kier alpha value is -2.91. The number of urea groups is 1. The Morgan fingerprint density at radius 3 is 2.48 bits per heavy atom. The number of nitrogens with one attached hydrogen (secondary N) is 2. The fourth-order valence-electron chi connectivity index (χ4n) is 4.12. The molecule has 0 aromatic heterocycles. The molecule has 3 aromatic carbocycles. The lowest BCUT2D eigenvalue weighted by Crippen LogP contribution is -2.47. The number of amides is 2. The Balaban J connectivity index is 1.52. The van der Waals surface area contributed by atoms with Crippen molar-refractivity contribution in [3.63, 3.8) is 0 Å². The normalized spacial score (nSPS) is 17.8. The van der Waals surface area contributed by atoms with Crippen LogP contribution in [0.1, 0.15) is 30.0 Å². The summed E-state index contributed by atoms with van der Waals surface area (Å²) in [6, 6.07) is 21.8. The first-order valence-electron chi connectivity index (χ1n) is 10.5. The summed E-state index contributed by atoms with van der Waals surface area (Å²) >= 11 is 18.7. The molecule has 0 radical (unpaired) electrons. The van der Waals surface area contributed by atoms with Crippen LogP contribution in [0.5, 0.6) is 0 Å². The zero-order valence-electron chi connectivity index (χ0n) is 17.6. The van der Waals surface area contributed by atoms with Crippen molar-refractivity contribution in [1.29, 1.82) is 5.26 Å². The standard InChI is InChI=1S/C25H21Cl3N4O/c26-18-6-4-17(5-7-18)24-14-21(10-11-32(24)23-9-8-19(27)13-22(23)28)31-25(33)30-20-3-1-2-16(12-20)15-29/h1-9,12-13,21,24H,10-11,14H2,(H2,30,31,33). The van der Waals surface area contributed by atoms with Crippen LogP contribution in [0.4, 0.5) is 16.2 Å². The van der Waals surface area contributed by atoms with Gasteiger partial charge in [-0.15, -0.1) is 0 Å². The summed E-state index contributed by atoms with van der Waals surface area (Å²) in [5.74, 6) is 0. The summed E-state index contributed by atoms with van der Waals surface area (Å²) in [6.07, 6.45) is 1.43. The molecular weight excluding hydrogens is 479 g/mol. The number of carbonyl (C=O) groups is 1. The first-order valence-corrected chi connectivity index (χ1v) is 11.6. The van der Waals surface area contributed by atoms with E-state index in [1.165, 1.54) is 0 Å². The molecule has 8 heteroatoms. The zero-order valence-corrected chi connectivity index (χ0v) is 19.8. The van der Waals surface area contributed by atoms with Crippen LogP contribution in [0.2, 0.25) is 15.1 Å². The topological polar surface area (TPSA) is 68.2 Å². The summed E-state index contributed by atoms with van der Waals surface area (Å²) in [6.45, 7) is 0.698. The van der Waals surface area contributed by atoms with Crippen molar-refractivity contribution < 1.29 is 4.79 Å². The highest BCUT2D eigenvalue weighted by molar-refractivity contribution is 6.36. The van der Waals surface area contributed by atoms with Crippen LogP contribution in [0.15, 0.2) is 66.7 Å². The second kappa shape index (κ2) is 10.4. The Morgan fingerprint density at radius 1 is 1.00 bits per heavy atom. The molecule has 2 unspecified atom stereocenters. The number of halogens is 3. The van der Waals surface area contributed by atoms with E-state index >= 15 is 0 Å². The maximum atomic E-state index is 12.6. The number of piperidine rings is 1. The number of hydrogen-bond donors (Lipinski definition) is 2. The highest BCUT2D eigenvalue weighted by atomic mass is 35.5. The van der Waals surface area contributed by atoms with Crippen LogP contribution in [-0.4, -0.2) is 18.6 Å². The molecular formula is C25H21Cl3N4O. The number of benzene rings is 3. The van der Waals surface area contributed by atoms with Crippen molar-refractivity contribution in [2.75, 3.05) is 16.8 Å². The van der Waals surface area contributed by atoms with Gasteiger partial charge in [-0.05, 0) is 66.9 Å². The van der Waals surface area contributed by atoms with Gasteiger partial charge in [-0.1, -0.05) is 53.0 Å². The van der Waals surface area contributed by atoms with Gasteiger partial charge in [0.2, 0.25) is 0 Å². The van der Waals surface area contributed by atoms with Gasteiger partial charge in [0.25, 0.3) is 0 Å². The molecule has 2 N–H and O–H groups in total. The molecule has 5 nitrogen and oxygen atoms in total. The minimum atomic E-state index is -0.303. The van der Waals surface area contributed by atoms with E-state index in [4.69, 9.17) is 40.1 Å². The first kappa shape index (κ1) is 23.3. The second-order valence-corrected chi connectivity index (χ2v) is 9.15. The Bertz CT molecular complexity index is 1190. The highest BCUT2D eigenvalue weighted by Gasteiger charge is 2.31. The Kier molecular flexibility index (Phi) is 7.29. The molecule has 2 atom stereocenters. The van der Waals surface area contributed by atoms with Gasteiger partial charge in [-0.25, -0.2) is 4.79 Å². The van der Waals surface area contributed by atoms with Crippen LogP contribution >= 0.6 is 34.8 Å². The van der Waals surface area contributed by atoms with Crippen LogP contribution in [-0.2, 0) is 0 Å². The van der Waals surface area contributed by atoms with Crippen LogP contribution in [0.3, 0.4) is 0 Å². The SMILES string of the molecule is N#Cc1cccc(NC(=O)NC2CCN(c3ccc(Cl)cc3Cl)C(c3ccc(Cl)cc3)C2)c1. The minimum absolute atomic E-state index is 0.0121. The van der Waals surface area contributed by atoms with Crippen LogP contribution in [0, 0.1) is 11.3 Å². The van der Waals surface area contributed by atoms with Crippen LogP contribution in [0.25, 0.3) is 0 Å². The summed E-state index contributed by atoms with van der Waals surface area (Å²) in [7, 11) is 0. The third kappa shape index (κ3) is 5.72. The lowest BCUT2D eigenvalue weighted by molar-refractivity contribution is 0.243. The molecule has 1 heterocycles.